The Morgan fingerprint density at radius 2 is 2.06 bits per heavy atom. The van der Waals surface area contributed by atoms with Gasteiger partial charge in [0.1, 0.15) is 0 Å². The lowest BCUT2D eigenvalue weighted by Gasteiger charge is -2.23. The summed E-state index contributed by atoms with van der Waals surface area (Å²) in [6, 6.07) is 8.28. The van der Waals surface area contributed by atoms with Crippen molar-refractivity contribution in [3.8, 4) is 6.07 Å². The molecule has 2 nitrogen and oxygen atoms in total. The molecule has 0 aliphatic rings. The van der Waals surface area contributed by atoms with Crippen LogP contribution in [0.5, 0.6) is 0 Å². The lowest BCUT2D eigenvalue weighted by Crippen LogP contribution is -2.23. The molecule has 0 aliphatic heterocycles. The van der Waals surface area contributed by atoms with Crippen LogP contribution in [0.1, 0.15) is 37.8 Å². The number of unbranched alkanes of at least 4 members (excludes halogenated alkanes) is 1. The van der Waals surface area contributed by atoms with Gasteiger partial charge in [-0.2, -0.15) is 5.26 Å². The summed E-state index contributed by atoms with van der Waals surface area (Å²) in [5, 5.41) is 8.88. The highest BCUT2D eigenvalue weighted by molar-refractivity contribution is 5.53. The third-order valence-electron chi connectivity index (χ3n) is 2.86. The Labute approximate surface area is 98.5 Å². The summed E-state index contributed by atoms with van der Waals surface area (Å²) in [6.45, 7) is 8.49. The number of aryl methyl sites for hydroxylation is 1. The van der Waals surface area contributed by atoms with Crippen LogP contribution in [0.2, 0.25) is 0 Å². The average molecular weight is 216 g/mol. The van der Waals surface area contributed by atoms with E-state index in [0.29, 0.717) is 0 Å². The molecule has 0 spiro atoms. The van der Waals surface area contributed by atoms with Gasteiger partial charge in [-0.25, -0.2) is 0 Å². The van der Waals surface area contributed by atoms with Crippen LogP contribution in [-0.2, 0) is 0 Å². The third-order valence-corrected chi connectivity index (χ3v) is 2.86. The molecule has 86 valence electrons. The van der Waals surface area contributed by atoms with Gasteiger partial charge in [0.15, 0.2) is 0 Å². The molecule has 1 aromatic carbocycles. The van der Waals surface area contributed by atoms with E-state index in [0.717, 1.165) is 24.2 Å². The average Bonchev–Trinajstić information content (AvgIpc) is 2.30. The molecule has 0 aromatic heterocycles. The van der Waals surface area contributed by atoms with Crippen LogP contribution >= 0.6 is 0 Å². The molecule has 1 rings (SSSR count). The molecule has 0 unspecified atom stereocenters. The van der Waals surface area contributed by atoms with E-state index in [4.69, 9.17) is 5.26 Å². The van der Waals surface area contributed by atoms with Crippen molar-refractivity contribution in [2.45, 2.75) is 33.6 Å². The zero-order valence-electron chi connectivity index (χ0n) is 10.5. The third kappa shape index (κ3) is 3.00. The van der Waals surface area contributed by atoms with Crippen molar-refractivity contribution in [3.63, 3.8) is 0 Å². The fourth-order valence-electron chi connectivity index (χ4n) is 1.79. The summed E-state index contributed by atoms with van der Waals surface area (Å²) in [6.07, 6.45) is 2.43. The first-order chi connectivity index (χ1) is 7.72. The highest BCUT2D eigenvalue weighted by atomic mass is 15.1. The van der Waals surface area contributed by atoms with Gasteiger partial charge in [-0.05, 0) is 44.0 Å². The summed E-state index contributed by atoms with van der Waals surface area (Å²) in [7, 11) is 0. The van der Waals surface area contributed by atoms with Crippen LogP contribution in [-0.4, -0.2) is 13.1 Å². The van der Waals surface area contributed by atoms with Crippen molar-refractivity contribution in [2.75, 3.05) is 18.0 Å². The zero-order valence-corrected chi connectivity index (χ0v) is 10.5. The summed E-state index contributed by atoms with van der Waals surface area (Å²) < 4.78 is 0. The molecule has 0 saturated carbocycles. The Bertz CT molecular complexity index is 377. The van der Waals surface area contributed by atoms with Crippen LogP contribution < -0.4 is 4.90 Å². The predicted molar refractivity (Wildman–Crippen MR) is 68.7 cm³/mol. The Kier molecular flexibility index (Phi) is 4.85. The molecule has 0 radical (unpaired) electrons. The van der Waals surface area contributed by atoms with Crippen LogP contribution in [0.15, 0.2) is 18.2 Å². The summed E-state index contributed by atoms with van der Waals surface area (Å²) in [5.74, 6) is 0. The lowest BCUT2D eigenvalue weighted by atomic mass is 10.1. The Hall–Kier alpha value is -1.49. The van der Waals surface area contributed by atoms with Crippen molar-refractivity contribution < 1.29 is 0 Å². The van der Waals surface area contributed by atoms with Gasteiger partial charge in [0.25, 0.3) is 0 Å². The summed E-state index contributed by atoms with van der Waals surface area (Å²) in [5.41, 5.74) is 3.07. The fourth-order valence-corrected chi connectivity index (χ4v) is 1.79. The first-order valence-corrected chi connectivity index (χ1v) is 5.98. The molecule has 0 heterocycles. The van der Waals surface area contributed by atoms with Crippen molar-refractivity contribution in [2.24, 2.45) is 0 Å². The first kappa shape index (κ1) is 12.6. The van der Waals surface area contributed by atoms with Gasteiger partial charge < -0.3 is 4.90 Å². The van der Waals surface area contributed by atoms with Gasteiger partial charge in [-0.15, -0.1) is 0 Å². The van der Waals surface area contributed by atoms with E-state index in [9.17, 15) is 0 Å². The van der Waals surface area contributed by atoms with E-state index >= 15 is 0 Å². The van der Waals surface area contributed by atoms with Gasteiger partial charge >= 0.3 is 0 Å². The minimum atomic E-state index is 0.773. The quantitative estimate of drug-likeness (QED) is 0.753. The predicted octanol–water partition coefficient (Wildman–Crippen LogP) is 3.49. The van der Waals surface area contributed by atoms with E-state index in [1.165, 1.54) is 18.5 Å². The smallest absolute Gasteiger partial charge is 0.0994 e. The maximum Gasteiger partial charge on any atom is 0.0994 e. The molecule has 0 N–H and O–H groups in total. The van der Waals surface area contributed by atoms with Crippen molar-refractivity contribution in [1.82, 2.24) is 0 Å². The number of hydrogen-bond donors (Lipinski definition) is 0. The number of rotatable bonds is 5. The number of nitrogens with zero attached hydrogens (tertiary/aromatic N) is 2. The number of benzene rings is 1. The van der Waals surface area contributed by atoms with Crippen molar-refractivity contribution in [1.29, 1.82) is 5.26 Å². The van der Waals surface area contributed by atoms with Crippen LogP contribution in [0, 0.1) is 18.3 Å². The standard InChI is InChI=1S/C14H20N2/c1-4-6-9-16(5-2)14-8-7-13(11-15)12(3)10-14/h7-8,10H,4-6,9H2,1-3H3. The number of anilines is 1. The van der Waals surface area contributed by atoms with Crippen LogP contribution in [0.25, 0.3) is 0 Å². The number of hydrogen-bond acceptors (Lipinski definition) is 2. The Morgan fingerprint density at radius 3 is 2.56 bits per heavy atom. The zero-order chi connectivity index (χ0) is 12.0. The van der Waals surface area contributed by atoms with Gasteiger partial charge in [0.2, 0.25) is 0 Å². The highest BCUT2D eigenvalue weighted by Crippen LogP contribution is 2.19. The normalized spacial score (nSPS) is 9.88. The SMILES string of the molecule is CCCCN(CC)c1ccc(C#N)c(C)c1. The highest BCUT2D eigenvalue weighted by Gasteiger charge is 2.05. The van der Waals surface area contributed by atoms with Gasteiger partial charge in [0, 0.05) is 18.8 Å². The second-order valence-corrected chi connectivity index (χ2v) is 4.04. The topological polar surface area (TPSA) is 27.0 Å². The lowest BCUT2D eigenvalue weighted by molar-refractivity contribution is 0.732. The van der Waals surface area contributed by atoms with E-state index in [-0.39, 0.29) is 0 Å². The molecule has 0 amide bonds. The van der Waals surface area contributed by atoms with Crippen molar-refractivity contribution in [3.05, 3.63) is 29.3 Å². The van der Waals surface area contributed by atoms with Crippen LogP contribution in [0.4, 0.5) is 5.69 Å². The van der Waals surface area contributed by atoms with Gasteiger partial charge in [-0.1, -0.05) is 13.3 Å². The molecule has 0 bridgehead atoms. The van der Waals surface area contributed by atoms with E-state index in [1.807, 2.05) is 19.1 Å². The second-order valence-electron chi connectivity index (χ2n) is 4.04. The fraction of sp³-hybridized carbons (Fsp3) is 0.500. The van der Waals surface area contributed by atoms with Crippen LogP contribution in [0.3, 0.4) is 0 Å². The second kappa shape index (κ2) is 6.17. The van der Waals surface area contributed by atoms with Gasteiger partial charge in [0.05, 0.1) is 11.6 Å². The number of nitriles is 1. The van der Waals surface area contributed by atoms with E-state index in [2.05, 4.69) is 30.9 Å². The Morgan fingerprint density at radius 1 is 1.31 bits per heavy atom. The van der Waals surface area contributed by atoms with E-state index < -0.39 is 0 Å². The molecule has 0 fully saturated rings. The molecule has 0 atom stereocenters. The monoisotopic (exact) mass is 216 g/mol. The minimum absolute atomic E-state index is 0.773. The molecule has 0 saturated heterocycles. The minimum Gasteiger partial charge on any atom is -0.372 e. The summed E-state index contributed by atoms with van der Waals surface area (Å²) in [4.78, 5) is 2.36. The molecular formula is C14H20N2. The maximum absolute atomic E-state index is 8.88. The van der Waals surface area contributed by atoms with Gasteiger partial charge in [-0.3, -0.25) is 0 Å². The molecule has 0 aliphatic carbocycles. The van der Waals surface area contributed by atoms with Crippen molar-refractivity contribution >= 4 is 5.69 Å². The molecule has 1 aromatic rings. The molecule has 2 heteroatoms. The maximum atomic E-state index is 8.88. The summed E-state index contributed by atoms with van der Waals surface area (Å²) >= 11 is 0. The van der Waals surface area contributed by atoms with E-state index in [1.54, 1.807) is 0 Å². The molecular weight excluding hydrogens is 196 g/mol. The Balaban J connectivity index is 2.86. The first-order valence-electron chi connectivity index (χ1n) is 5.98. The largest absolute Gasteiger partial charge is 0.372 e. The molecule has 16 heavy (non-hydrogen) atoms.